The molecule has 0 radical (unpaired) electrons. The Hall–Kier alpha value is -2.74. The Morgan fingerprint density at radius 1 is 1.03 bits per heavy atom. The van der Waals surface area contributed by atoms with Gasteiger partial charge in [0.25, 0.3) is 0 Å². The molecule has 7 nitrogen and oxygen atoms in total. The normalized spacial score (nSPS) is 13.0. The number of benzene rings is 2. The van der Waals surface area contributed by atoms with E-state index in [1.807, 2.05) is 37.3 Å². The molecule has 0 saturated carbocycles. The summed E-state index contributed by atoms with van der Waals surface area (Å²) in [4.78, 5) is 14.4. The van der Waals surface area contributed by atoms with Gasteiger partial charge in [0.1, 0.15) is 13.2 Å². The fourth-order valence-electron chi connectivity index (χ4n) is 3.39. The van der Waals surface area contributed by atoms with E-state index >= 15 is 0 Å². The number of carbonyl (C=O) groups excluding carboxylic acids is 1. The van der Waals surface area contributed by atoms with Crippen LogP contribution in [0.1, 0.15) is 25.3 Å². The zero-order valence-electron chi connectivity index (χ0n) is 17.4. The largest absolute Gasteiger partial charge is 0.486 e. The van der Waals surface area contributed by atoms with Crippen LogP contribution in [0.4, 0.5) is 5.69 Å². The van der Waals surface area contributed by atoms with Gasteiger partial charge in [0.15, 0.2) is 11.5 Å². The van der Waals surface area contributed by atoms with Gasteiger partial charge in [-0.1, -0.05) is 30.3 Å². The van der Waals surface area contributed by atoms with Gasteiger partial charge in [-0.05, 0) is 31.0 Å². The first kappa shape index (κ1) is 22.0. The van der Waals surface area contributed by atoms with Gasteiger partial charge >= 0.3 is 0 Å². The Morgan fingerprint density at radius 3 is 2.40 bits per heavy atom. The molecule has 30 heavy (non-hydrogen) atoms. The molecule has 0 aliphatic carbocycles. The number of sulfonamides is 1. The number of rotatable bonds is 9. The van der Waals surface area contributed by atoms with E-state index in [1.165, 1.54) is 10.6 Å². The van der Waals surface area contributed by atoms with Crippen molar-refractivity contribution in [2.24, 2.45) is 0 Å². The van der Waals surface area contributed by atoms with Gasteiger partial charge in [0, 0.05) is 32.1 Å². The molecule has 1 amide bonds. The summed E-state index contributed by atoms with van der Waals surface area (Å²) in [6.07, 6.45) is 1.86. The van der Waals surface area contributed by atoms with Crippen LogP contribution in [0.25, 0.3) is 0 Å². The maximum atomic E-state index is 12.7. The number of ether oxygens (including phenoxy) is 2. The first-order valence-corrected chi connectivity index (χ1v) is 11.9. The summed E-state index contributed by atoms with van der Waals surface area (Å²) in [7, 11) is -3.50. The van der Waals surface area contributed by atoms with E-state index in [0.29, 0.717) is 49.9 Å². The monoisotopic (exact) mass is 432 g/mol. The van der Waals surface area contributed by atoms with Crippen molar-refractivity contribution in [3.8, 4) is 11.5 Å². The smallest absolute Gasteiger partial charge is 0.232 e. The first-order valence-electron chi connectivity index (χ1n) is 10.1. The molecular formula is C22H28N2O5S. The molecule has 1 heterocycles. The minimum Gasteiger partial charge on any atom is -0.486 e. The average Bonchev–Trinajstić information content (AvgIpc) is 2.74. The van der Waals surface area contributed by atoms with E-state index in [0.717, 1.165) is 5.56 Å². The second-order valence-electron chi connectivity index (χ2n) is 7.16. The van der Waals surface area contributed by atoms with Gasteiger partial charge in [-0.3, -0.25) is 9.10 Å². The van der Waals surface area contributed by atoms with Crippen LogP contribution in [0.5, 0.6) is 11.5 Å². The molecule has 3 rings (SSSR count). The highest BCUT2D eigenvalue weighted by Crippen LogP contribution is 2.34. The lowest BCUT2D eigenvalue weighted by molar-refractivity contribution is -0.131. The van der Waals surface area contributed by atoms with E-state index in [2.05, 4.69) is 0 Å². The summed E-state index contributed by atoms with van der Waals surface area (Å²) in [5.41, 5.74) is 1.58. The highest BCUT2D eigenvalue weighted by molar-refractivity contribution is 7.92. The van der Waals surface area contributed by atoms with Crippen LogP contribution in [0.3, 0.4) is 0 Å². The summed E-state index contributed by atoms with van der Waals surface area (Å²) >= 11 is 0. The van der Waals surface area contributed by atoms with Crippen LogP contribution < -0.4 is 13.8 Å². The number of amides is 1. The topological polar surface area (TPSA) is 76.2 Å². The van der Waals surface area contributed by atoms with Crippen molar-refractivity contribution in [3.63, 3.8) is 0 Å². The number of nitrogens with zero attached hydrogens (tertiary/aromatic N) is 2. The third-order valence-electron chi connectivity index (χ3n) is 4.92. The highest BCUT2D eigenvalue weighted by Gasteiger charge is 2.21. The van der Waals surface area contributed by atoms with Crippen LogP contribution >= 0.6 is 0 Å². The fraction of sp³-hybridized carbons (Fsp3) is 0.409. The zero-order chi connectivity index (χ0) is 21.6. The molecule has 0 saturated heterocycles. The maximum Gasteiger partial charge on any atom is 0.232 e. The molecule has 0 N–H and O–H groups in total. The van der Waals surface area contributed by atoms with Crippen molar-refractivity contribution < 1.29 is 22.7 Å². The van der Waals surface area contributed by atoms with Crippen molar-refractivity contribution in [2.45, 2.75) is 26.3 Å². The van der Waals surface area contributed by atoms with Crippen LogP contribution in [0.15, 0.2) is 48.5 Å². The molecule has 0 spiro atoms. The molecule has 0 unspecified atom stereocenters. The van der Waals surface area contributed by atoms with Gasteiger partial charge in [-0.2, -0.15) is 0 Å². The summed E-state index contributed by atoms with van der Waals surface area (Å²) in [6.45, 7) is 4.21. The van der Waals surface area contributed by atoms with Gasteiger partial charge in [-0.25, -0.2) is 8.42 Å². The average molecular weight is 433 g/mol. The molecule has 162 valence electrons. The fourth-order valence-corrected chi connectivity index (χ4v) is 4.34. The van der Waals surface area contributed by atoms with Crippen molar-refractivity contribution in [1.29, 1.82) is 0 Å². The predicted molar refractivity (Wildman–Crippen MR) is 116 cm³/mol. The number of hydrogen-bond donors (Lipinski definition) is 0. The SMILES string of the molecule is CCN(Cc1ccccc1)C(=O)CCCN(c1ccc2c(c1)OCCO2)S(C)(=O)=O. The lowest BCUT2D eigenvalue weighted by Gasteiger charge is -2.26. The third kappa shape index (κ3) is 5.66. The Morgan fingerprint density at radius 2 is 1.73 bits per heavy atom. The standard InChI is InChI=1S/C22H28N2O5S/c1-3-23(17-18-8-5-4-6-9-18)22(25)10-7-13-24(30(2,26)27)19-11-12-20-21(16-19)29-15-14-28-20/h4-6,8-9,11-12,16H,3,7,10,13-15,17H2,1-2H3. The summed E-state index contributed by atoms with van der Waals surface area (Å²) < 4.78 is 37.1. The Kier molecular flexibility index (Phi) is 7.20. The number of carbonyl (C=O) groups is 1. The van der Waals surface area contributed by atoms with Crippen LogP contribution in [0, 0.1) is 0 Å². The van der Waals surface area contributed by atoms with Crippen molar-refractivity contribution in [1.82, 2.24) is 4.90 Å². The van der Waals surface area contributed by atoms with E-state index in [1.54, 1.807) is 23.1 Å². The Bertz CT molecular complexity index is 963. The lowest BCUT2D eigenvalue weighted by atomic mass is 10.2. The summed E-state index contributed by atoms with van der Waals surface area (Å²) in [5.74, 6) is 1.15. The van der Waals surface area contributed by atoms with E-state index in [9.17, 15) is 13.2 Å². The van der Waals surface area contributed by atoms with Crippen LogP contribution in [-0.2, 0) is 21.4 Å². The van der Waals surface area contributed by atoms with Gasteiger partial charge in [-0.15, -0.1) is 0 Å². The Labute approximate surface area is 178 Å². The highest BCUT2D eigenvalue weighted by atomic mass is 32.2. The van der Waals surface area contributed by atoms with Crippen LogP contribution in [0.2, 0.25) is 0 Å². The number of fused-ring (bicyclic) bond motifs is 1. The maximum absolute atomic E-state index is 12.7. The molecule has 0 aromatic heterocycles. The molecule has 2 aromatic carbocycles. The molecule has 1 aliphatic rings. The summed E-state index contributed by atoms with van der Waals surface area (Å²) in [6, 6.07) is 14.9. The van der Waals surface area contributed by atoms with E-state index in [4.69, 9.17) is 9.47 Å². The summed E-state index contributed by atoms with van der Waals surface area (Å²) in [5, 5.41) is 0. The first-order chi connectivity index (χ1) is 14.4. The van der Waals surface area contributed by atoms with Gasteiger partial charge < -0.3 is 14.4 Å². The molecule has 2 aromatic rings. The molecule has 1 aliphatic heterocycles. The van der Waals surface area contributed by atoms with Crippen molar-refractivity contribution >= 4 is 21.6 Å². The number of hydrogen-bond acceptors (Lipinski definition) is 5. The lowest BCUT2D eigenvalue weighted by Crippen LogP contribution is -2.33. The minimum absolute atomic E-state index is 0.0111. The number of anilines is 1. The molecule has 0 bridgehead atoms. The molecule has 0 atom stereocenters. The van der Waals surface area contributed by atoms with E-state index < -0.39 is 10.0 Å². The molecular weight excluding hydrogens is 404 g/mol. The third-order valence-corrected chi connectivity index (χ3v) is 6.11. The second-order valence-corrected chi connectivity index (χ2v) is 9.07. The van der Waals surface area contributed by atoms with E-state index in [-0.39, 0.29) is 18.9 Å². The molecule has 8 heteroatoms. The van der Waals surface area contributed by atoms with Crippen molar-refractivity contribution in [3.05, 3.63) is 54.1 Å². The molecule has 0 fully saturated rings. The van der Waals surface area contributed by atoms with Crippen LogP contribution in [-0.4, -0.2) is 51.8 Å². The predicted octanol–water partition coefficient (Wildman–Crippen LogP) is 3.05. The van der Waals surface area contributed by atoms with Crippen molar-refractivity contribution in [2.75, 3.05) is 36.9 Å². The van der Waals surface area contributed by atoms with Gasteiger partial charge in [0.2, 0.25) is 15.9 Å². The zero-order valence-corrected chi connectivity index (χ0v) is 18.2. The quantitative estimate of drug-likeness (QED) is 0.609. The van der Waals surface area contributed by atoms with Gasteiger partial charge in [0.05, 0.1) is 11.9 Å². The Balaban J connectivity index is 1.63. The second kappa shape index (κ2) is 9.84. The minimum atomic E-state index is -3.50.